The summed E-state index contributed by atoms with van der Waals surface area (Å²) in [6.45, 7) is 21.7. The smallest absolute Gasteiger partial charge is 0.410 e. The summed E-state index contributed by atoms with van der Waals surface area (Å²) in [6, 6.07) is 0. The van der Waals surface area contributed by atoms with Crippen LogP contribution < -0.4 is 0 Å². The fourth-order valence-corrected chi connectivity index (χ4v) is 4.65. The van der Waals surface area contributed by atoms with Crippen LogP contribution >= 0.6 is 11.6 Å². The maximum Gasteiger partial charge on any atom is 0.410 e. The molecule has 8 heteroatoms. The number of halogens is 1. The predicted molar refractivity (Wildman–Crippen MR) is 128 cm³/mol. The molecule has 180 valence electrons. The molecule has 1 aliphatic heterocycles. The first-order valence-corrected chi connectivity index (χ1v) is 14.5. The summed E-state index contributed by atoms with van der Waals surface area (Å²) >= 11 is 5.96. The number of ether oxygens (including phenoxy) is 1. The molecule has 0 aromatic rings. The van der Waals surface area contributed by atoms with E-state index in [0.717, 1.165) is 0 Å². The third kappa shape index (κ3) is 6.96. The van der Waals surface area contributed by atoms with E-state index in [-0.39, 0.29) is 41.9 Å². The zero-order valence-corrected chi connectivity index (χ0v) is 22.4. The third-order valence-corrected chi connectivity index (χ3v) is 11.6. The van der Waals surface area contributed by atoms with Crippen molar-refractivity contribution in [3.8, 4) is 0 Å². The Morgan fingerprint density at radius 2 is 1.81 bits per heavy atom. The average Bonchev–Trinajstić information content (AvgIpc) is 2.97. The van der Waals surface area contributed by atoms with Crippen LogP contribution in [0.3, 0.4) is 0 Å². The van der Waals surface area contributed by atoms with Crippen molar-refractivity contribution < 1.29 is 23.9 Å². The highest BCUT2D eigenvalue weighted by Crippen LogP contribution is 2.43. The molecule has 2 atom stereocenters. The predicted octanol–water partition coefficient (Wildman–Crippen LogP) is 5.91. The molecule has 1 saturated heterocycles. The first kappa shape index (κ1) is 28.0. The number of hydrogen-bond acceptors (Lipinski definition) is 4. The van der Waals surface area contributed by atoms with Crippen LogP contribution in [0.4, 0.5) is 4.79 Å². The van der Waals surface area contributed by atoms with Gasteiger partial charge in [-0.3, -0.25) is 4.90 Å². The van der Waals surface area contributed by atoms with Crippen molar-refractivity contribution >= 4 is 32.0 Å². The van der Waals surface area contributed by atoms with Crippen molar-refractivity contribution in [2.45, 2.75) is 84.5 Å². The summed E-state index contributed by atoms with van der Waals surface area (Å²) in [5.41, 5.74) is -0.870. The molecule has 0 aliphatic carbocycles. The minimum atomic E-state index is -2.09. The standard InChI is InChI=1S/C23H42ClNO5Si/c1-17(15-24)14-23(19(26)27)18(16-30-31(8,9)22(5,6)7)10-12-25(23)20(28)29-13-11-21(2,3)4/h18H,1,10-16H2,2-9H3,(H,26,27). The van der Waals surface area contributed by atoms with Gasteiger partial charge in [-0.1, -0.05) is 53.7 Å². The van der Waals surface area contributed by atoms with E-state index in [2.05, 4.69) is 61.2 Å². The van der Waals surface area contributed by atoms with Crippen molar-refractivity contribution in [1.29, 1.82) is 0 Å². The summed E-state index contributed by atoms with van der Waals surface area (Å²) in [6.07, 6.45) is 0.721. The van der Waals surface area contributed by atoms with Crippen LogP contribution in [-0.4, -0.2) is 61.6 Å². The molecule has 2 unspecified atom stereocenters. The number of carbonyl (C=O) groups excluding carboxylic acids is 1. The Hall–Kier alpha value is -1.05. The van der Waals surface area contributed by atoms with Crippen LogP contribution in [0.5, 0.6) is 0 Å². The van der Waals surface area contributed by atoms with E-state index in [1.807, 2.05) is 0 Å². The van der Waals surface area contributed by atoms with Gasteiger partial charge in [-0.25, -0.2) is 9.59 Å². The van der Waals surface area contributed by atoms with Gasteiger partial charge >= 0.3 is 12.1 Å². The largest absolute Gasteiger partial charge is 0.479 e. The van der Waals surface area contributed by atoms with Crippen LogP contribution in [0.25, 0.3) is 0 Å². The normalized spacial score (nSPS) is 22.5. The molecule has 6 nitrogen and oxygen atoms in total. The van der Waals surface area contributed by atoms with Gasteiger partial charge in [0, 0.05) is 31.4 Å². The van der Waals surface area contributed by atoms with Crippen molar-refractivity contribution in [3.05, 3.63) is 12.2 Å². The first-order chi connectivity index (χ1) is 14.0. The molecule has 0 saturated carbocycles. The van der Waals surface area contributed by atoms with E-state index >= 15 is 0 Å². The number of aliphatic carboxylic acids is 1. The van der Waals surface area contributed by atoms with E-state index in [4.69, 9.17) is 20.8 Å². The summed E-state index contributed by atoms with van der Waals surface area (Å²) in [5, 5.41) is 10.4. The number of carbonyl (C=O) groups is 2. The average molecular weight is 476 g/mol. The number of nitrogens with zero attached hydrogens (tertiary/aromatic N) is 1. The van der Waals surface area contributed by atoms with E-state index in [0.29, 0.717) is 25.0 Å². The maximum absolute atomic E-state index is 13.0. The molecule has 1 N–H and O–H groups in total. The van der Waals surface area contributed by atoms with E-state index < -0.39 is 25.9 Å². The SMILES string of the molecule is C=C(CCl)CC1(C(=O)O)C(CO[Si](C)(C)C(C)(C)C)CCN1C(=O)OCCC(C)(C)C. The van der Waals surface area contributed by atoms with Gasteiger partial charge in [0.15, 0.2) is 13.9 Å². The van der Waals surface area contributed by atoms with Crippen LogP contribution in [0, 0.1) is 11.3 Å². The van der Waals surface area contributed by atoms with Crippen LogP contribution in [-0.2, 0) is 14.0 Å². The number of alkyl halides is 1. The second kappa shape index (κ2) is 10.3. The number of carboxylic acid groups (broad SMARTS) is 1. The van der Waals surface area contributed by atoms with Gasteiger partial charge in [0.25, 0.3) is 0 Å². The third-order valence-electron chi connectivity index (χ3n) is 6.69. The Kier molecular flexibility index (Phi) is 9.26. The molecular formula is C23H42ClNO5Si. The molecule has 1 fully saturated rings. The zero-order valence-electron chi connectivity index (χ0n) is 20.6. The second-order valence-electron chi connectivity index (χ2n) is 11.4. The van der Waals surface area contributed by atoms with Gasteiger partial charge in [0.2, 0.25) is 0 Å². The summed E-state index contributed by atoms with van der Waals surface area (Å²) in [5.74, 6) is -1.29. The van der Waals surface area contributed by atoms with Crippen LogP contribution in [0.2, 0.25) is 18.1 Å². The number of carboxylic acids is 1. The highest BCUT2D eigenvalue weighted by atomic mass is 35.5. The lowest BCUT2D eigenvalue weighted by atomic mass is 9.80. The molecule has 1 amide bonds. The summed E-state index contributed by atoms with van der Waals surface area (Å²) in [4.78, 5) is 27.0. The Morgan fingerprint density at radius 1 is 1.23 bits per heavy atom. The molecular weight excluding hydrogens is 434 g/mol. The Balaban J connectivity index is 3.16. The summed E-state index contributed by atoms with van der Waals surface area (Å²) < 4.78 is 11.9. The monoisotopic (exact) mass is 475 g/mol. The number of amides is 1. The molecule has 1 aliphatic rings. The lowest BCUT2D eigenvalue weighted by Gasteiger charge is -2.41. The van der Waals surface area contributed by atoms with Crippen molar-refractivity contribution in [1.82, 2.24) is 4.90 Å². The molecule has 31 heavy (non-hydrogen) atoms. The van der Waals surface area contributed by atoms with Gasteiger partial charge in [-0.15, -0.1) is 11.6 Å². The molecule has 1 heterocycles. The van der Waals surface area contributed by atoms with E-state index in [9.17, 15) is 14.7 Å². The Labute approximate surface area is 194 Å². The highest BCUT2D eigenvalue weighted by Gasteiger charge is 2.57. The van der Waals surface area contributed by atoms with Crippen molar-refractivity contribution in [3.63, 3.8) is 0 Å². The fourth-order valence-electron chi connectivity index (χ4n) is 3.50. The molecule has 1 rings (SSSR count). The maximum atomic E-state index is 13.0. The zero-order chi connectivity index (χ0) is 24.3. The molecule has 0 aromatic heterocycles. The van der Waals surface area contributed by atoms with Gasteiger partial charge in [-0.2, -0.15) is 0 Å². The van der Waals surface area contributed by atoms with Crippen molar-refractivity contribution in [2.75, 3.05) is 25.6 Å². The van der Waals surface area contributed by atoms with Crippen LogP contribution in [0.15, 0.2) is 12.2 Å². The van der Waals surface area contributed by atoms with Crippen molar-refractivity contribution in [2.24, 2.45) is 11.3 Å². The van der Waals surface area contributed by atoms with Crippen LogP contribution in [0.1, 0.15) is 60.8 Å². The second-order valence-corrected chi connectivity index (χ2v) is 16.5. The number of hydrogen-bond donors (Lipinski definition) is 1. The molecule has 0 radical (unpaired) electrons. The Morgan fingerprint density at radius 3 is 2.26 bits per heavy atom. The van der Waals surface area contributed by atoms with Gasteiger partial charge in [-0.05, 0) is 36.4 Å². The minimum Gasteiger partial charge on any atom is -0.479 e. The number of likely N-dealkylation sites (tertiary alicyclic amines) is 1. The first-order valence-electron chi connectivity index (χ1n) is 11.0. The lowest BCUT2D eigenvalue weighted by molar-refractivity contribution is -0.152. The van der Waals surface area contributed by atoms with E-state index in [1.165, 1.54) is 4.90 Å². The Bertz CT molecular complexity index is 668. The topological polar surface area (TPSA) is 76.1 Å². The molecule has 0 aromatic carbocycles. The highest BCUT2D eigenvalue weighted by molar-refractivity contribution is 6.74. The van der Waals surface area contributed by atoms with E-state index in [1.54, 1.807) is 0 Å². The van der Waals surface area contributed by atoms with Gasteiger partial charge < -0.3 is 14.3 Å². The van der Waals surface area contributed by atoms with Gasteiger partial charge in [0.1, 0.15) is 0 Å². The minimum absolute atomic E-state index is 0.00277. The summed E-state index contributed by atoms with van der Waals surface area (Å²) in [7, 11) is -2.09. The number of rotatable bonds is 9. The quantitative estimate of drug-likeness (QED) is 0.255. The molecule has 0 spiro atoms. The lowest BCUT2D eigenvalue weighted by Crippen LogP contribution is -2.58. The molecule has 0 bridgehead atoms. The van der Waals surface area contributed by atoms with Gasteiger partial charge in [0.05, 0.1) is 6.61 Å². The fraction of sp³-hybridized carbons (Fsp3) is 0.826.